The SMILES string of the molecule is CCCCCCCCC#C[C@@H](O)CCC#N. The molecule has 0 aromatic carbocycles. The predicted molar refractivity (Wildman–Crippen MR) is 66.6 cm³/mol. The monoisotopic (exact) mass is 221 g/mol. The highest BCUT2D eigenvalue weighted by Gasteiger charge is 1.96. The molecule has 2 nitrogen and oxygen atoms in total. The van der Waals surface area contributed by atoms with Crippen molar-refractivity contribution in [3.8, 4) is 17.9 Å². The molecule has 0 amide bonds. The molecule has 16 heavy (non-hydrogen) atoms. The lowest BCUT2D eigenvalue weighted by atomic mass is 10.1. The summed E-state index contributed by atoms with van der Waals surface area (Å²) in [5, 5.41) is 17.6. The summed E-state index contributed by atoms with van der Waals surface area (Å²) < 4.78 is 0. The van der Waals surface area contributed by atoms with Gasteiger partial charge < -0.3 is 5.11 Å². The van der Waals surface area contributed by atoms with Gasteiger partial charge in [0, 0.05) is 12.8 Å². The van der Waals surface area contributed by atoms with Crippen molar-refractivity contribution in [2.75, 3.05) is 0 Å². The second-order valence-corrected chi connectivity index (χ2v) is 4.05. The second kappa shape index (κ2) is 12.1. The number of aliphatic hydroxyl groups excluding tert-OH is 1. The van der Waals surface area contributed by atoms with Gasteiger partial charge in [-0.2, -0.15) is 5.26 Å². The van der Waals surface area contributed by atoms with Crippen molar-refractivity contribution in [1.29, 1.82) is 5.26 Å². The zero-order valence-electron chi connectivity index (χ0n) is 10.3. The molecule has 0 fully saturated rings. The average Bonchev–Trinajstić information content (AvgIpc) is 2.30. The standard InChI is InChI=1S/C14H23NO/c1-2-3-4-5-6-7-8-9-11-14(16)12-10-13-15/h14,16H,2-8,10,12H2,1H3/t14-/m1/s1. The maximum Gasteiger partial charge on any atom is 0.115 e. The van der Waals surface area contributed by atoms with Gasteiger partial charge in [-0.1, -0.05) is 44.9 Å². The molecule has 0 aromatic rings. The maximum absolute atomic E-state index is 9.33. The number of aliphatic hydroxyl groups is 1. The summed E-state index contributed by atoms with van der Waals surface area (Å²) >= 11 is 0. The van der Waals surface area contributed by atoms with E-state index in [1.807, 2.05) is 6.07 Å². The summed E-state index contributed by atoms with van der Waals surface area (Å²) in [5.74, 6) is 5.75. The fourth-order valence-electron chi connectivity index (χ4n) is 1.46. The van der Waals surface area contributed by atoms with Crippen molar-refractivity contribution in [1.82, 2.24) is 0 Å². The summed E-state index contributed by atoms with van der Waals surface area (Å²) in [6, 6.07) is 2.00. The van der Waals surface area contributed by atoms with Gasteiger partial charge in [-0.25, -0.2) is 0 Å². The lowest BCUT2D eigenvalue weighted by molar-refractivity contribution is 0.224. The topological polar surface area (TPSA) is 44.0 Å². The van der Waals surface area contributed by atoms with Crippen molar-refractivity contribution < 1.29 is 5.11 Å². The van der Waals surface area contributed by atoms with Gasteiger partial charge >= 0.3 is 0 Å². The molecule has 1 atom stereocenters. The Bertz CT molecular complexity index is 244. The van der Waals surface area contributed by atoms with Gasteiger partial charge in [0.2, 0.25) is 0 Å². The Kier molecular flexibility index (Phi) is 11.3. The molecule has 1 N–H and O–H groups in total. The summed E-state index contributed by atoms with van der Waals surface area (Å²) in [5.41, 5.74) is 0. The fourth-order valence-corrected chi connectivity index (χ4v) is 1.46. The molecule has 0 bridgehead atoms. The molecular formula is C14H23NO. The Morgan fingerprint density at radius 2 is 1.75 bits per heavy atom. The maximum atomic E-state index is 9.33. The summed E-state index contributed by atoms with van der Waals surface area (Å²) in [6.45, 7) is 2.22. The zero-order valence-corrected chi connectivity index (χ0v) is 10.3. The minimum atomic E-state index is -0.611. The van der Waals surface area contributed by atoms with Crippen molar-refractivity contribution in [2.45, 2.75) is 70.8 Å². The fraction of sp³-hybridized carbons (Fsp3) is 0.786. The van der Waals surface area contributed by atoms with E-state index in [1.54, 1.807) is 0 Å². The van der Waals surface area contributed by atoms with Crippen LogP contribution in [0.1, 0.15) is 64.7 Å². The summed E-state index contributed by atoms with van der Waals surface area (Å²) in [6.07, 6.45) is 8.72. The van der Waals surface area contributed by atoms with E-state index in [0.717, 1.165) is 12.8 Å². The molecule has 0 spiro atoms. The molecule has 0 radical (unpaired) electrons. The van der Waals surface area contributed by atoms with Gasteiger partial charge in [0.25, 0.3) is 0 Å². The van der Waals surface area contributed by atoms with E-state index in [9.17, 15) is 5.11 Å². The number of hydrogen-bond donors (Lipinski definition) is 1. The Labute approximate surface area is 99.7 Å². The third-order valence-electron chi connectivity index (χ3n) is 2.45. The largest absolute Gasteiger partial charge is 0.380 e. The van der Waals surface area contributed by atoms with Crippen LogP contribution < -0.4 is 0 Å². The number of nitrogens with zero attached hydrogens (tertiary/aromatic N) is 1. The number of nitriles is 1. The van der Waals surface area contributed by atoms with Gasteiger partial charge in [0.15, 0.2) is 0 Å². The number of rotatable bonds is 8. The molecule has 90 valence electrons. The van der Waals surface area contributed by atoms with Crippen LogP contribution in [0.4, 0.5) is 0 Å². The molecule has 0 aromatic heterocycles. The lowest BCUT2D eigenvalue weighted by Crippen LogP contribution is -2.01. The molecule has 0 heterocycles. The first-order chi connectivity index (χ1) is 7.81. The lowest BCUT2D eigenvalue weighted by Gasteiger charge is -1.98. The predicted octanol–water partition coefficient (Wildman–Crippen LogP) is 3.41. The van der Waals surface area contributed by atoms with Crippen LogP contribution in [0.25, 0.3) is 0 Å². The average molecular weight is 221 g/mol. The van der Waals surface area contributed by atoms with Crippen molar-refractivity contribution in [3.63, 3.8) is 0 Å². The Balaban J connectivity index is 3.30. The van der Waals surface area contributed by atoms with Crippen LogP contribution in [0, 0.1) is 23.2 Å². The van der Waals surface area contributed by atoms with Gasteiger partial charge in [-0.3, -0.25) is 0 Å². The van der Waals surface area contributed by atoms with Gasteiger partial charge in [-0.15, -0.1) is 5.92 Å². The smallest absolute Gasteiger partial charge is 0.115 e. The highest BCUT2D eigenvalue weighted by Crippen LogP contribution is 2.06. The van der Waals surface area contributed by atoms with Crippen molar-refractivity contribution in [2.24, 2.45) is 0 Å². The van der Waals surface area contributed by atoms with E-state index in [1.165, 1.54) is 32.1 Å². The van der Waals surface area contributed by atoms with Crippen LogP contribution in [0.15, 0.2) is 0 Å². The summed E-state index contributed by atoms with van der Waals surface area (Å²) in [4.78, 5) is 0. The van der Waals surface area contributed by atoms with Crippen LogP contribution in [0.2, 0.25) is 0 Å². The minimum absolute atomic E-state index is 0.382. The van der Waals surface area contributed by atoms with E-state index >= 15 is 0 Å². The Hall–Kier alpha value is -0.990. The number of unbranched alkanes of at least 4 members (excludes halogenated alkanes) is 6. The molecule has 2 heteroatoms. The molecule has 0 saturated heterocycles. The number of hydrogen-bond acceptors (Lipinski definition) is 2. The normalized spacial score (nSPS) is 11.3. The molecule has 0 unspecified atom stereocenters. The van der Waals surface area contributed by atoms with E-state index in [4.69, 9.17) is 5.26 Å². The first kappa shape index (κ1) is 15.0. The molecule has 0 rings (SSSR count). The zero-order chi connectivity index (χ0) is 12.1. The van der Waals surface area contributed by atoms with Gasteiger partial charge in [0.05, 0.1) is 6.07 Å². The quantitative estimate of drug-likeness (QED) is 0.504. The molecule has 0 aliphatic heterocycles. The van der Waals surface area contributed by atoms with E-state index in [-0.39, 0.29) is 0 Å². The van der Waals surface area contributed by atoms with Gasteiger partial charge in [-0.05, 0) is 12.8 Å². The van der Waals surface area contributed by atoms with Gasteiger partial charge in [0.1, 0.15) is 6.10 Å². The molecule has 0 aliphatic rings. The minimum Gasteiger partial charge on any atom is -0.380 e. The highest BCUT2D eigenvalue weighted by atomic mass is 16.3. The molecular weight excluding hydrogens is 198 g/mol. The van der Waals surface area contributed by atoms with Crippen LogP contribution >= 0.6 is 0 Å². The van der Waals surface area contributed by atoms with Crippen LogP contribution in [0.3, 0.4) is 0 Å². The van der Waals surface area contributed by atoms with E-state index in [2.05, 4.69) is 18.8 Å². The van der Waals surface area contributed by atoms with Crippen LogP contribution in [-0.2, 0) is 0 Å². The Morgan fingerprint density at radius 3 is 2.44 bits per heavy atom. The highest BCUT2D eigenvalue weighted by molar-refractivity contribution is 5.04. The Morgan fingerprint density at radius 1 is 1.06 bits per heavy atom. The first-order valence-corrected chi connectivity index (χ1v) is 6.34. The van der Waals surface area contributed by atoms with Crippen molar-refractivity contribution >= 4 is 0 Å². The van der Waals surface area contributed by atoms with E-state index in [0.29, 0.717) is 12.8 Å². The third kappa shape index (κ3) is 11.1. The van der Waals surface area contributed by atoms with Crippen molar-refractivity contribution in [3.05, 3.63) is 0 Å². The second-order valence-electron chi connectivity index (χ2n) is 4.05. The first-order valence-electron chi connectivity index (χ1n) is 6.34. The van der Waals surface area contributed by atoms with E-state index < -0.39 is 6.10 Å². The van der Waals surface area contributed by atoms with Crippen LogP contribution in [-0.4, -0.2) is 11.2 Å². The third-order valence-corrected chi connectivity index (χ3v) is 2.45. The van der Waals surface area contributed by atoms with Crippen LogP contribution in [0.5, 0.6) is 0 Å². The molecule has 0 aliphatic carbocycles. The summed E-state index contributed by atoms with van der Waals surface area (Å²) in [7, 11) is 0. The molecule has 0 saturated carbocycles.